The van der Waals surface area contributed by atoms with Crippen LogP contribution in [-0.2, 0) is 6.42 Å². The quantitative estimate of drug-likeness (QED) is 0.649. The highest BCUT2D eigenvalue weighted by molar-refractivity contribution is 5.65. The van der Waals surface area contributed by atoms with Crippen LogP contribution >= 0.6 is 0 Å². The van der Waals surface area contributed by atoms with Crippen LogP contribution in [0.1, 0.15) is 25.3 Å². The van der Waals surface area contributed by atoms with Crippen molar-refractivity contribution in [2.24, 2.45) is 0 Å². The third-order valence-electron chi connectivity index (χ3n) is 3.37. The van der Waals surface area contributed by atoms with Crippen LogP contribution in [-0.4, -0.2) is 6.04 Å². The molecule has 0 saturated heterocycles. The molecule has 1 aromatic rings. The molecule has 2 heterocycles. The van der Waals surface area contributed by atoms with Crippen LogP contribution in [0, 0.1) is 0 Å². The Morgan fingerprint density at radius 3 is 3.07 bits per heavy atom. The van der Waals surface area contributed by atoms with E-state index in [1.807, 2.05) is 0 Å². The summed E-state index contributed by atoms with van der Waals surface area (Å²) in [5, 5.41) is 0. The topological polar surface area (TPSA) is 3.24 Å². The van der Waals surface area contributed by atoms with E-state index >= 15 is 0 Å². The van der Waals surface area contributed by atoms with Crippen molar-refractivity contribution in [3.8, 4) is 0 Å². The number of fused-ring (bicyclic) bond motifs is 3. The molecule has 3 rings (SSSR count). The Labute approximate surface area is 85.0 Å². The third-order valence-corrected chi connectivity index (χ3v) is 3.37. The van der Waals surface area contributed by atoms with Gasteiger partial charge in [0.15, 0.2) is 0 Å². The lowest BCUT2D eigenvalue weighted by molar-refractivity contribution is 0.711. The van der Waals surface area contributed by atoms with Crippen LogP contribution in [0.15, 0.2) is 36.0 Å². The van der Waals surface area contributed by atoms with E-state index in [1.54, 1.807) is 0 Å². The zero-order valence-electron chi connectivity index (χ0n) is 8.53. The fourth-order valence-electron chi connectivity index (χ4n) is 2.72. The van der Waals surface area contributed by atoms with E-state index < -0.39 is 0 Å². The molecule has 0 saturated carbocycles. The number of para-hydroxylation sites is 1. The average molecular weight is 185 g/mol. The molecule has 2 aliphatic heterocycles. The molecular weight excluding hydrogens is 170 g/mol. The van der Waals surface area contributed by atoms with Gasteiger partial charge in [0.1, 0.15) is 0 Å². The molecule has 14 heavy (non-hydrogen) atoms. The Morgan fingerprint density at radius 2 is 2.21 bits per heavy atom. The van der Waals surface area contributed by atoms with Gasteiger partial charge in [0.2, 0.25) is 0 Å². The maximum Gasteiger partial charge on any atom is 0.0444 e. The number of anilines is 1. The van der Waals surface area contributed by atoms with Crippen LogP contribution in [0.25, 0.3) is 0 Å². The second kappa shape index (κ2) is 2.88. The minimum absolute atomic E-state index is 0.724. The van der Waals surface area contributed by atoms with Gasteiger partial charge in [-0.2, -0.15) is 0 Å². The second-order valence-corrected chi connectivity index (χ2v) is 4.14. The van der Waals surface area contributed by atoms with Crippen molar-refractivity contribution in [2.75, 3.05) is 4.90 Å². The van der Waals surface area contributed by atoms with Crippen LogP contribution in [0.4, 0.5) is 5.69 Å². The van der Waals surface area contributed by atoms with Crippen molar-refractivity contribution in [3.63, 3.8) is 0 Å². The number of hydrogen-bond acceptors (Lipinski definition) is 1. The van der Waals surface area contributed by atoms with Gasteiger partial charge >= 0.3 is 0 Å². The summed E-state index contributed by atoms with van der Waals surface area (Å²) < 4.78 is 0. The molecule has 0 radical (unpaired) electrons. The predicted octanol–water partition coefficient (Wildman–Crippen LogP) is 3.12. The van der Waals surface area contributed by atoms with Gasteiger partial charge < -0.3 is 4.90 Å². The minimum atomic E-state index is 0.724. The molecule has 2 aliphatic rings. The first-order valence-corrected chi connectivity index (χ1v) is 5.46. The highest BCUT2D eigenvalue weighted by Crippen LogP contribution is 2.40. The first-order chi connectivity index (χ1) is 6.90. The molecule has 0 aromatic heterocycles. The highest BCUT2D eigenvalue weighted by Gasteiger charge is 2.33. The first-order valence-electron chi connectivity index (χ1n) is 5.46. The summed E-state index contributed by atoms with van der Waals surface area (Å²) >= 11 is 0. The molecule has 1 unspecified atom stereocenters. The lowest BCUT2D eigenvalue weighted by atomic mass is 10.1. The molecule has 1 atom stereocenters. The van der Waals surface area contributed by atoms with Crippen LogP contribution in [0.5, 0.6) is 0 Å². The SMILES string of the molecule is CCC1=CCC2Cc3ccccc3N12. The number of allylic oxidation sites excluding steroid dienone is 1. The zero-order chi connectivity index (χ0) is 9.54. The molecule has 0 amide bonds. The van der Waals surface area contributed by atoms with E-state index in [2.05, 4.69) is 42.2 Å². The molecule has 0 spiro atoms. The molecule has 0 bridgehead atoms. The predicted molar refractivity (Wildman–Crippen MR) is 59.4 cm³/mol. The molecular formula is C13H15N. The summed E-state index contributed by atoms with van der Waals surface area (Å²) in [7, 11) is 0. The molecule has 72 valence electrons. The highest BCUT2D eigenvalue weighted by atomic mass is 15.2. The summed E-state index contributed by atoms with van der Waals surface area (Å²) in [5.74, 6) is 0. The molecule has 0 aliphatic carbocycles. The molecule has 1 heteroatoms. The third kappa shape index (κ3) is 0.955. The maximum absolute atomic E-state index is 2.54. The fourth-order valence-corrected chi connectivity index (χ4v) is 2.72. The van der Waals surface area contributed by atoms with Crippen molar-refractivity contribution in [3.05, 3.63) is 41.6 Å². The van der Waals surface area contributed by atoms with Crippen molar-refractivity contribution in [1.29, 1.82) is 0 Å². The Kier molecular flexibility index (Phi) is 1.66. The van der Waals surface area contributed by atoms with E-state index in [4.69, 9.17) is 0 Å². The van der Waals surface area contributed by atoms with Gasteiger partial charge in [-0.05, 0) is 30.9 Å². The summed E-state index contributed by atoms with van der Waals surface area (Å²) in [6, 6.07) is 9.54. The van der Waals surface area contributed by atoms with Crippen LogP contribution in [0.3, 0.4) is 0 Å². The van der Waals surface area contributed by atoms with Gasteiger partial charge in [-0.3, -0.25) is 0 Å². The van der Waals surface area contributed by atoms with Crippen molar-refractivity contribution >= 4 is 5.69 Å². The van der Waals surface area contributed by atoms with E-state index in [0.717, 1.165) is 12.5 Å². The second-order valence-electron chi connectivity index (χ2n) is 4.14. The van der Waals surface area contributed by atoms with E-state index in [-0.39, 0.29) is 0 Å². The normalized spacial score (nSPS) is 23.4. The molecule has 0 N–H and O–H groups in total. The van der Waals surface area contributed by atoms with Gasteiger partial charge in [0.05, 0.1) is 0 Å². The fraction of sp³-hybridized carbons (Fsp3) is 0.385. The summed E-state index contributed by atoms with van der Waals surface area (Å²) in [4.78, 5) is 2.54. The first kappa shape index (κ1) is 8.10. The lowest BCUT2D eigenvalue weighted by Gasteiger charge is -2.22. The lowest BCUT2D eigenvalue weighted by Crippen LogP contribution is -2.25. The monoisotopic (exact) mass is 185 g/mol. The summed E-state index contributed by atoms with van der Waals surface area (Å²) in [5.41, 5.74) is 4.49. The number of hydrogen-bond donors (Lipinski definition) is 0. The summed E-state index contributed by atoms with van der Waals surface area (Å²) in [6.07, 6.45) is 6.03. The molecule has 1 nitrogen and oxygen atoms in total. The van der Waals surface area contributed by atoms with Gasteiger partial charge in [-0.25, -0.2) is 0 Å². The molecule has 1 aromatic carbocycles. The van der Waals surface area contributed by atoms with Crippen molar-refractivity contribution < 1.29 is 0 Å². The number of rotatable bonds is 1. The Balaban J connectivity index is 2.07. The van der Waals surface area contributed by atoms with Crippen molar-refractivity contribution in [1.82, 2.24) is 0 Å². The minimum Gasteiger partial charge on any atom is -0.342 e. The number of nitrogens with zero attached hydrogens (tertiary/aromatic N) is 1. The smallest absolute Gasteiger partial charge is 0.0444 e. The van der Waals surface area contributed by atoms with Crippen LogP contribution in [0.2, 0.25) is 0 Å². The Bertz CT molecular complexity index is 392. The standard InChI is InChI=1S/C13H15N/c1-2-11-7-8-12-9-10-5-3-4-6-13(10)14(11)12/h3-7,12H,2,8-9H2,1H3. The van der Waals surface area contributed by atoms with Gasteiger partial charge in [-0.15, -0.1) is 0 Å². The Hall–Kier alpha value is -1.24. The van der Waals surface area contributed by atoms with Gasteiger partial charge in [-0.1, -0.05) is 31.2 Å². The molecule has 0 fully saturated rings. The van der Waals surface area contributed by atoms with E-state index in [9.17, 15) is 0 Å². The largest absolute Gasteiger partial charge is 0.342 e. The van der Waals surface area contributed by atoms with Gasteiger partial charge in [0, 0.05) is 17.4 Å². The zero-order valence-corrected chi connectivity index (χ0v) is 8.53. The van der Waals surface area contributed by atoms with E-state index in [0.29, 0.717) is 0 Å². The summed E-state index contributed by atoms with van der Waals surface area (Å²) in [6.45, 7) is 2.25. The number of benzene rings is 1. The van der Waals surface area contributed by atoms with E-state index in [1.165, 1.54) is 29.8 Å². The van der Waals surface area contributed by atoms with Gasteiger partial charge in [0.25, 0.3) is 0 Å². The average Bonchev–Trinajstić information content (AvgIpc) is 2.75. The maximum atomic E-state index is 2.54. The Morgan fingerprint density at radius 1 is 1.36 bits per heavy atom. The van der Waals surface area contributed by atoms with Crippen LogP contribution < -0.4 is 4.90 Å². The van der Waals surface area contributed by atoms with Crippen molar-refractivity contribution in [2.45, 2.75) is 32.2 Å².